The minimum Gasteiger partial charge on any atom is -0.379 e. The van der Waals surface area contributed by atoms with Crippen LogP contribution in [0.4, 0.5) is 0 Å². The summed E-state index contributed by atoms with van der Waals surface area (Å²) in [5.41, 5.74) is 0.0206. The molecule has 0 aliphatic heterocycles. The fourth-order valence-electron chi connectivity index (χ4n) is 3.44. The van der Waals surface area contributed by atoms with Crippen molar-refractivity contribution in [3.63, 3.8) is 0 Å². The number of rotatable bonds is 9. The van der Waals surface area contributed by atoms with Crippen molar-refractivity contribution in [2.75, 3.05) is 13.7 Å². The third-order valence-corrected chi connectivity index (χ3v) is 5.30. The van der Waals surface area contributed by atoms with Crippen LogP contribution in [0.25, 0.3) is 0 Å². The van der Waals surface area contributed by atoms with Crippen molar-refractivity contribution in [1.29, 1.82) is 0 Å². The maximum atomic E-state index is 5.59. The van der Waals surface area contributed by atoms with Crippen LogP contribution in [-0.2, 0) is 4.74 Å². The highest BCUT2D eigenvalue weighted by Crippen LogP contribution is 2.34. The van der Waals surface area contributed by atoms with Crippen LogP contribution in [0, 0.1) is 11.8 Å². The fraction of sp³-hybridized carbons (Fsp3) is 1.00. The molecule has 0 saturated heterocycles. The van der Waals surface area contributed by atoms with Gasteiger partial charge < -0.3 is 10.1 Å². The maximum Gasteiger partial charge on any atom is 0.0623 e. The van der Waals surface area contributed by atoms with Crippen molar-refractivity contribution in [1.82, 2.24) is 5.32 Å². The lowest BCUT2D eigenvalue weighted by molar-refractivity contribution is 0.00924. The van der Waals surface area contributed by atoms with Gasteiger partial charge >= 0.3 is 0 Å². The SMILES string of the molecule is CCCNC(CCC(C)(C)OC)C1CCC(CC)CC1. The summed E-state index contributed by atoms with van der Waals surface area (Å²) in [7, 11) is 1.83. The van der Waals surface area contributed by atoms with Gasteiger partial charge in [-0.05, 0) is 64.3 Å². The molecule has 1 aliphatic carbocycles. The normalized spacial score (nSPS) is 25.6. The molecule has 20 heavy (non-hydrogen) atoms. The first-order chi connectivity index (χ1) is 9.52. The summed E-state index contributed by atoms with van der Waals surface area (Å²) < 4.78 is 5.59. The van der Waals surface area contributed by atoms with Gasteiger partial charge in [-0.15, -0.1) is 0 Å². The van der Waals surface area contributed by atoms with E-state index in [4.69, 9.17) is 4.74 Å². The van der Waals surface area contributed by atoms with Gasteiger partial charge in [-0.3, -0.25) is 0 Å². The molecule has 0 aromatic rings. The van der Waals surface area contributed by atoms with E-state index in [0.29, 0.717) is 6.04 Å². The average Bonchev–Trinajstić information content (AvgIpc) is 2.47. The van der Waals surface area contributed by atoms with Gasteiger partial charge in [0.25, 0.3) is 0 Å². The minimum atomic E-state index is 0.0206. The van der Waals surface area contributed by atoms with Crippen molar-refractivity contribution in [3.05, 3.63) is 0 Å². The number of hydrogen-bond acceptors (Lipinski definition) is 2. The number of ether oxygens (including phenoxy) is 1. The second-order valence-corrected chi connectivity index (χ2v) is 7.25. The van der Waals surface area contributed by atoms with Crippen LogP contribution in [-0.4, -0.2) is 25.3 Å². The van der Waals surface area contributed by atoms with E-state index in [0.717, 1.165) is 24.8 Å². The van der Waals surface area contributed by atoms with Gasteiger partial charge in [0, 0.05) is 13.2 Å². The van der Waals surface area contributed by atoms with Crippen LogP contribution in [0.15, 0.2) is 0 Å². The second-order valence-electron chi connectivity index (χ2n) is 7.25. The van der Waals surface area contributed by atoms with Gasteiger partial charge in [0.05, 0.1) is 5.60 Å². The Morgan fingerprint density at radius 3 is 2.30 bits per heavy atom. The van der Waals surface area contributed by atoms with Crippen molar-refractivity contribution in [3.8, 4) is 0 Å². The van der Waals surface area contributed by atoms with E-state index in [-0.39, 0.29) is 5.60 Å². The van der Waals surface area contributed by atoms with Crippen LogP contribution in [0.2, 0.25) is 0 Å². The molecule has 0 radical (unpaired) electrons. The van der Waals surface area contributed by atoms with Gasteiger partial charge in [-0.2, -0.15) is 0 Å². The smallest absolute Gasteiger partial charge is 0.0623 e. The predicted octanol–water partition coefficient (Wildman–Crippen LogP) is 4.78. The van der Waals surface area contributed by atoms with E-state index >= 15 is 0 Å². The Balaban J connectivity index is 2.47. The molecule has 0 aromatic carbocycles. The third kappa shape index (κ3) is 6.13. The number of methoxy groups -OCH3 is 1. The summed E-state index contributed by atoms with van der Waals surface area (Å²) in [5.74, 6) is 1.88. The third-order valence-electron chi connectivity index (χ3n) is 5.30. The molecule has 1 unspecified atom stereocenters. The van der Waals surface area contributed by atoms with Gasteiger partial charge in [0.1, 0.15) is 0 Å². The molecule has 1 rings (SSSR count). The highest BCUT2D eigenvalue weighted by atomic mass is 16.5. The molecule has 0 bridgehead atoms. The van der Waals surface area contributed by atoms with E-state index in [1.165, 1.54) is 44.9 Å². The average molecular weight is 284 g/mol. The molecular weight excluding hydrogens is 246 g/mol. The lowest BCUT2D eigenvalue weighted by Gasteiger charge is -2.36. The zero-order chi connectivity index (χ0) is 15.0. The van der Waals surface area contributed by atoms with Gasteiger partial charge in [-0.25, -0.2) is 0 Å². The molecule has 1 aliphatic rings. The van der Waals surface area contributed by atoms with Gasteiger partial charge in [0.15, 0.2) is 0 Å². The standard InChI is InChI=1S/C18H37NO/c1-6-14-19-17(12-13-18(3,4)20-5)16-10-8-15(7-2)9-11-16/h15-17,19H,6-14H2,1-5H3. The molecule has 1 N–H and O–H groups in total. The lowest BCUT2D eigenvalue weighted by atomic mass is 9.76. The molecular formula is C18H37NO. The molecule has 2 nitrogen and oxygen atoms in total. The zero-order valence-electron chi connectivity index (χ0n) is 14.5. The first kappa shape index (κ1) is 18.0. The topological polar surface area (TPSA) is 21.3 Å². The predicted molar refractivity (Wildman–Crippen MR) is 88.1 cm³/mol. The van der Waals surface area contributed by atoms with E-state index in [1.54, 1.807) is 0 Å². The monoisotopic (exact) mass is 283 g/mol. The fourth-order valence-corrected chi connectivity index (χ4v) is 3.44. The van der Waals surface area contributed by atoms with Gasteiger partial charge in [0.2, 0.25) is 0 Å². The van der Waals surface area contributed by atoms with Crippen LogP contribution in [0.3, 0.4) is 0 Å². The van der Waals surface area contributed by atoms with Crippen LogP contribution in [0.5, 0.6) is 0 Å². The van der Waals surface area contributed by atoms with Crippen molar-refractivity contribution < 1.29 is 4.74 Å². The Morgan fingerprint density at radius 1 is 1.15 bits per heavy atom. The molecule has 1 saturated carbocycles. The highest BCUT2D eigenvalue weighted by Gasteiger charge is 2.28. The summed E-state index contributed by atoms with van der Waals surface area (Å²) in [5, 5.41) is 3.81. The van der Waals surface area contributed by atoms with Crippen molar-refractivity contribution in [2.24, 2.45) is 11.8 Å². The number of hydrogen-bond donors (Lipinski definition) is 1. The molecule has 120 valence electrons. The zero-order valence-corrected chi connectivity index (χ0v) is 14.5. The maximum absolute atomic E-state index is 5.59. The molecule has 1 fully saturated rings. The van der Waals surface area contributed by atoms with Crippen molar-refractivity contribution >= 4 is 0 Å². The van der Waals surface area contributed by atoms with E-state index in [2.05, 4.69) is 33.0 Å². The number of nitrogens with one attached hydrogen (secondary N) is 1. The Labute approximate surface area is 127 Å². The summed E-state index contributed by atoms with van der Waals surface area (Å²) in [4.78, 5) is 0. The minimum absolute atomic E-state index is 0.0206. The van der Waals surface area contributed by atoms with E-state index in [9.17, 15) is 0 Å². The van der Waals surface area contributed by atoms with E-state index < -0.39 is 0 Å². The Morgan fingerprint density at radius 2 is 1.80 bits per heavy atom. The second kappa shape index (κ2) is 9.04. The highest BCUT2D eigenvalue weighted by molar-refractivity contribution is 4.84. The lowest BCUT2D eigenvalue weighted by Crippen LogP contribution is -2.40. The Kier molecular flexibility index (Phi) is 8.13. The largest absolute Gasteiger partial charge is 0.379 e. The molecule has 0 aromatic heterocycles. The van der Waals surface area contributed by atoms with Crippen LogP contribution < -0.4 is 5.32 Å². The Bertz CT molecular complexity index is 244. The first-order valence-electron chi connectivity index (χ1n) is 8.81. The van der Waals surface area contributed by atoms with Gasteiger partial charge in [-0.1, -0.05) is 33.1 Å². The van der Waals surface area contributed by atoms with Crippen LogP contribution in [0.1, 0.15) is 79.1 Å². The Hall–Kier alpha value is -0.0800. The molecule has 1 atom stereocenters. The molecule has 0 spiro atoms. The molecule has 0 heterocycles. The summed E-state index contributed by atoms with van der Waals surface area (Å²) >= 11 is 0. The summed E-state index contributed by atoms with van der Waals surface area (Å²) in [6.07, 6.45) is 10.7. The first-order valence-corrected chi connectivity index (χ1v) is 8.81. The summed E-state index contributed by atoms with van der Waals surface area (Å²) in [6, 6.07) is 0.696. The molecule has 0 amide bonds. The van der Waals surface area contributed by atoms with E-state index in [1.807, 2.05) is 7.11 Å². The quantitative estimate of drug-likeness (QED) is 0.658. The summed E-state index contributed by atoms with van der Waals surface area (Å²) in [6.45, 7) is 10.2. The van der Waals surface area contributed by atoms with Crippen LogP contribution >= 0.6 is 0 Å². The van der Waals surface area contributed by atoms with Crippen molar-refractivity contribution in [2.45, 2.75) is 90.7 Å². The molecule has 2 heteroatoms.